The lowest BCUT2D eigenvalue weighted by atomic mass is 10.1. The second-order valence-corrected chi connectivity index (χ2v) is 6.00. The Balaban J connectivity index is 0. The van der Waals surface area contributed by atoms with Crippen LogP contribution in [0.5, 0.6) is 0 Å². The van der Waals surface area contributed by atoms with Crippen molar-refractivity contribution in [1.82, 2.24) is 9.97 Å². The number of unbranched alkanes of at least 4 members (excludes halogenated alkanes) is 1. The molecule has 0 fully saturated rings. The van der Waals surface area contributed by atoms with Crippen LogP contribution in [0.15, 0.2) is 12.5 Å². The van der Waals surface area contributed by atoms with Crippen LogP contribution in [0.1, 0.15) is 31.4 Å². The van der Waals surface area contributed by atoms with Gasteiger partial charge < -0.3 is 48.3 Å². The summed E-state index contributed by atoms with van der Waals surface area (Å²) in [5.41, 5.74) is 21.3. The highest BCUT2D eigenvalue weighted by atomic mass is 16.4. The van der Waals surface area contributed by atoms with E-state index in [1.807, 2.05) is 0 Å². The van der Waals surface area contributed by atoms with Crippen molar-refractivity contribution in [3.63, 3.8) is 0 Å². The molecule has 0 aliphatic heterocycles. The van der Waals surface area contributed by atoms with Gasteiger partial charge in [0.2, 0.25) is 0 Å². The molecule has 30 heavy (non-hydrogen) atoms. The summed E-state index contributed by atoms with van der Waals surface area (Å²) >= 11 is 0. The van der Waals surface area contributed by atoms with Gasteiger partial charge in [-0.1, -0.05) is 6.42 Å². The van der Waals surface area contributed by atoms with E-state index in [0.29, 0.717) is 13.0 Å². The number of imidazole rings is 1. The lowest BCUT2D eigenvalue weighted by molar-refractivity contribution is -0.144. The molecular weight excluding hydrogens is 404 g/mol. The second-order valence-electron chi connectivity index (χ2n) is 6.00. The number of carboxylic acid groups (broad SMARTS) is 4. The van der Waals surface area contributed by atoms with Crippen molar-refractivity contribution in [2.45, 2.75) is 50.2 Å². The molecule has 14 nitrogen and oxygen atoms in total. The lowest BCUT2D eigenvalue weighted by Gasteiger charge is -2.03. The van der Waals surface area contributed by atoms with Crippen LogP contribution >= 0.6 is 0 Å². The van der Waals surface area contributed by atoms with Gasteiger partial charge in [-0.15, -0.1) is 0 Å². The highest BCUT2D eigenvalue weighted by Crippen LogP contribution is 1.97. The summed E-state index contributed by atoms with van der Waals surface area (Å²) in [6.07, 6.45) is 4.97. The number of rotatable bonds is 11. The second kappa shape index (κ2) is 16.8. The number of aromatic amines is 1. The molecule has 0 aliphatic carbocycles. The van der Waals surface area contributed by atoms with Crippen molar-refractivity contribution in [1.29, 1.82) is 0 Å². The number of aromatic nitrogens is 2. The van der Waals surface area contributed by atoms with Gasteiger partial charge in [-0.3, -0.25) is 19.2 Å². The number of hydrogen-bond donors (Lipinski definition) is 9. The monoisotopic (exact) mass is 434 g/mol. The third-order valence-electron chi connectivity index (χ3n) is 3.31. The summed E-state index contributed by atoms with van der Waals surface area (Å²) in [6.45, 7) is 0.604. The molecule has 0 amide bonds. The molecular formula is C16H30N6O8. The Kier molecular flexibility index (Phi) is 16.4. The molecule has 0 aromatic carbocycles. The molecule has 1 heterocycles. The number of carbonyl (C=O) groups is 4. The Bertz CT molecular complexity index is 640. The zero-order valence-electron chi connectivity index (χ0n) is 16.3. The van der Waals surface area contributed by atoms with Crippen molar-refractivity contribution in [3.8, 4) is 0 Å². The van der Waals surface area contributed by atoms with E-state index in [9.17, 15) is 19.2 Å². The highest BCUT2D eigenvalue weighted by Gasteiger charge is 2.14. The van der Waals surface area contributed by atoms with Crippen LogP contribution < -0.4 is 22.9 Å². The van der Waals surface area contributed by atoms with E-state index in [4.69, 9.17) is 43.4 Å². The zero-order chi connectivity index (χ0) is 23.7. The van der Waals surface area contributed by atoms with Gasteiger partial charge in [0, 0.05) is 18.3 Å². The summed E-state index contributed by atoms with van der Waals surface area (Å²) in [4.78, 5) is 46.5. The Morgan fingerprint density at radius 2 is 1.43 bits per heavy atom. The first-order valence-corrected chi connectivity index (χ1v) is 8.76. The SMILES string of the molecule is NC(CC(=O)O)C(=O)O.NC(Cc1cnc[nH]1)C(=O)O.NCCCCC(N)C(=O)O. The van der Waals surface area contributed by atoms with E-state index in [0.717, 1.165) is 18.5 Å². The lowest BCUT2D eigenvalue weighted by Crippen LogP contribution is -2.32. The summed E-state index contributed by atoms with van der Waals surface area (Å²) in [5, 5.41) is 32.8. The van der Waals surface area contributed by atoms with Crippen LogP contribution in [-0.2, 0) is 25.6 Å². The molecule has 1 rings (SSSR count). The van der Waals surface area contributed by atoms with Gasteiger partial charge in [-0.05, 0) is 19.4 Å². The molecule has 14 heteroatoms. The molecule has 0 bridgehead atoms. The fourth-order valence-electron chi connectivity index (χ4n) is 1.63. The first-order chi connectivity index (χ1) is 13.9. The van der Waals surface area contributed by atoms with Crippen LogP contribution in [0, 0.1) is 0 Å². The summed E-state index contributed by atoms with van der Waals surface area (Å²) in [6, 6.07) is -2.86. The van der Waals surface area contributed by atoms with Crippen molar-refractivity contribution in [3.05, 3.63) is 18.2 Å². The number of hydrogen-bond acceptors (Lipinski definition) is 9. The Labute approximate surface area is 172 Å². The minimum absolute atomic E-state index is 0.287. The topological polar surface area (TPSA) is 282 Å². The van der Waals surface area contributed by atoms with Crippen LogP contribution in [-0.4, -0.2) is 78.9 Å². The predicted molar refractivity (Wildman–Crippen MR) is 104 cm³/mol. The molecule has 0 aliphatic rings. The molecule has 13 N–H and O–H groups in total. The van der Waals surface area contributed by atoms with E-state index in [2.05, 4.69) is 9.97 Å². The number of nitrogens with one attached hydrogen (secondary N) is 1. The smallest absolute Gasteiger partial charge is 0.321 e. The average molecular weight is 434 g/mol. The highest BCUT2D eigenvalue weighted by molar-refractivity contribution is 5.80. The molecule has 3 atom stereocenters. The molecule has 172 valence electrons. The van der Waals surface area contributed by atoms with Crippen LogP contribution in [0.2, 0.25) is 0 Å². The standard InChI is InChI=1S/C6H9N3O2.C6H14N2O2.C4H7NO4/c7-5(6(10)11)1-4-2-8-3-9-4;7-4-2-1-3-5(8)6(9)10;5-2(4(8)9)1-3(6)7/h2-3,5H,1,7H2,(H,8,9)(H,10,11);5H,1-4,7-8H2,(H,9,10);2H,1,5H2,(H,6,7)(H,8,9). The maximum atomic E-state index is 10.3. The maximum absolute atomic E-state index is 10.3. The third kappa shape index (κ3) is 17.1. The normalized spacial score (nSPS) is 12.8. The zero-order valence-corrected chi connectivity index (χ0v) is 16.3. The third-order valence-corrected chi connectivity index (χ3v) is 3.31. The Morgan fingerprint density at radius 1 is 0.900 bits per heavy atom. The van der Waals surface area contributed by atoms with Gasteiger partial charge in [0.15, 0.2) is 0 Å². The molecule has 0 saturated heterocycles. The van der Waals surface area contributed by atoms with Crippen molar-refractivity contribution >= 4 is 23.9 Å². The first-order valence-electron chi connectivity index (χ1n) is 8.76. The van der Waals surface area contributed by atoms with Gasteiger partial charge in [0.05, 0.1) is 12.7 Å². The molecule has 0 spiro atoms. The maximum Gasteiger partial charge on any atom is 0.321 e. The van der Waals surface area contributed by atoms with E-state index >= 15 is 0 Å². The van der Waals surface area contributed by atoms with Crippen molar-refractivity contribution in [2.24, 2.45) is 22.9 Å². The minimum Gasteiger partial charge on any atom is -0.481 e. The molecule has 0 radical (unpaired) electrons. The van der Waals surface area contributed by atoms with Crippen LogP contribution in [0.3, 0.4) is 0 Å². The largest absolute Gasteiger partial charge is 0.481 e. The van der Waals surface area contributed by atoms with Gasteiger partial charge in [0.25, 0.3) is 0 Å². The summed E-state index contributed by atoms with van der Waals surface area (Å²) < 4.78 is 0. The van der Waals surface area contributed by atoms with Gasteiger partial charge in [-0.25, -0.2) is 4.98 Å². The van der Waals surface area contributed by atoms with Crippen molar-refractivity contribution in [2.75, 3.05) is 6.54 Å². The van der Waals surface area contributed by atoms with Crippen LogP contribution in [0.4, 0.5) is 0 Å². The van der Waals surface area contributed by atoms with Crippen LogP contribution in [0.25, 0.3) is 0 Å². The minimum atomic E-state index is -1.29. The van der Waals surface area contributed by atoms with E-state index < -0.39 is 48.4 Å². The van der Waals surface area contributed by atoms with Gasteiger partial charge in [-0.2, -0.15) is 0 Å². The molecule has 3 unspecified atom stereocenters. The molecule has 1 aromatic heterocycles. The molecule has 1 aromatic rings. The van der Waals surface area contributed by atoms with Gasteiger partial charge in [0.1, 0.15) is 18.1 Å². The number of nitrogens with zero attached hydrogens (tertiary/aromatic N) is 1. The van der Waals surface area contributed by atoms with E-state index in [-0.39, 0.29) is 6.42 Å². The fourth-order valence-corrected chi connectivity index (χ4v) is 1.63. The number of aliphatic carboxylic acids is 4. The number of carboxylic acids is 4. The van der Waals surface area contributed by atoms with E-state index in [1.165, 1.54) is 6.33 Å². The van der Waals surface area contributed by atoms with Gasteiger partial charge >= 0.3 is 23.9 Å². The summed E-state index contributed by atoms with van der Waals surface area (Å²) in [7, 11) is 0. The number of H-pyrrole nitrogens is 1. The average Bonchev–Trinajstić information content (AvgIpc) is 3.15. The Hall–Kier alpha value is -3.07. The first kappa shape index (κ1) is 29.1. The quantitative estimate of drug-likeness (QED) is 0.167. The Morgan fingerprint density at radius 3 is 1.77 bits per heavy atom. The van der Waals surface area contributed by atoms with Crippen molar-refractivity contribution < 1.29 is 39.6 Å². The molecule has 0 saturated carbocycles. The van der Waals surface area contributed by atoms with E-state index in [1.54, 1.807) is 6.20 Å². The number of nitrogens with two attached hydrogens (primary N) is 4. The predicted octanol–water partition coefficient (Wildman–Crippen LogP) is -2.24. The fraction of sp³-hybridized carbons (Fsp3) is 0.562. The summed E-state index contributed by atoms with van der Waals surface area (Å²) in [5.74, 6) is -4.43.